The SMILES string of the molecule is CCCCCCCC[C@@H]1CC[C@@H]2[C@@H]3CC=C4C[C@@H](OC(=O)OC[C@H](C)CC)CC[C@]4(C)[C@H]3CC[C@]12C. The quantitative estimate of drug-likeness (QED) is 0.161. The summed E-state index contributed by atoms with van der Waals surface area (Å²) in [5.41, 5.74) is 2.47. The van der Waals surface area contributed by atoms with Crippen LogP contribution in [-0.2, 0) is 9.47 Å². The maximum Gasteiger partial charge on any atom is 0.508 e. The van der Waals surface area contributed by atoms with Crippen molar-refractivity contribution in [1.29, 1.82) is 0 Å². The Hall–Kier alpha value is -0.990. The van der Waals surface area contributed by atoms with E-state index in [4.69, 9.17) is 9.47 Å². The van der Waals surface area contributed by atoms with E-state index in [0.717, 1.165) is 49.4 Å². The number of allylic oxidation sites excluding steroid dienone is 1. The van der Waals surface area contributed by atoms with Gasteiger partial charge in [-0.1, -0.05) is 91.2 Å². The van der Waals surface area contributed by atoms with Crippen LogP contribution in [0.1, 0.15) is 137 Å². The highest BCUT2D eigenvalue weighted by molar-refractivity contribution is 5.60. The molecule has 0 heterocycles. The second-order valence-corrected chi connectivity index (χ2v) is 13.7. The van der Waals surface area contributed by atoms with Gasteiger partial charge >= 0.3 is 6.16 Å². The fourth-order valence-corrected chi connectivity index (χ4v) is 8.98. The summed E-state index contributed by atoms with van der Waals surface area (Å²) in [6, 6.07) is 0. The topological polar surface area (TPSA) is 35.5 Å². The van der Waals surface area contributed by atoms with Gasteiger partial charge in [-0.05, 0) is 91.8 Å². The van der Waals surface area contributed by atoms with Gasteiger partial charge in [0, 0.05) is 6.42 Å². The highest BCUT2D eigenvalue weighted by Crippen LogP contribution is 2.66. The van der Waals surface area contributed by atoms with Gasteiger partial charge in [-0.25, -0.2) is 4.79 Å². The van der Waals surface area contributed by atoms with Crippen molar-refractivity contribution < 1.29 is 14.3 Å². The molecule has 0 aromatic rings. The molecule has 4 aliphatic carbocycles. The number of fused-ring (bicyclic) bond motifs is 5. The first-order valence-electron chi connectivity index (χ1n) is 15.8. The normalized spacial score (nSPS) is 38.4. The Labute approximate surface area is 222 Å². The van der Waals surface area contributed by atoms with Crippen molar-refractivity contribution in [3.63, 3.8) is 0 Å². The summed E-state index contributed by atoms with van der Waals surface area (Å²) in [6.07, 6.45) is 23.2. The average Bonchev–Trinajstić information content (AvgIpc) is 3.21. The monoisotopic (exact) mass is 500 g/mol. The van der Waals surface area contributed by atoms with Crippen LogP contribution in [0.3, 0.4) is 0 Å². The lowest BCUT2D eigenvalue weighted by atomic mass is 9.47. The van der Waals surface area contributed by atoms with Crippen LogP contribution in [0.5, 0.6) is 0 Å². The lowest BCUT2D eigenvalue weighted by Gasteiger charge is -2.58. The molecule has 0 aromatic carbocycles. The Balaban J connectivity index is 1.32. The fraction of sp³-hybridized carbons (Fsp3) is 0.909. The minimum atomic E-state index is -0.464. The van der Waals surface area contributed by atoms with Crippen LogP contribution >= 0.6 is 0 Å². The molecule has 4 aliphatic rings. The average molecular weight is 501 g/mol. The zero-order chi connectivity index (χ0) is 25.8. The van der Waals surface area contributed by atoms with Crippen molar-refractivity contribution in [2.24, 2.45) is 40.4 Å². The van der Waals surface area contributed by atoms with Crippen molar-refractivity contribution in [1.82, 2.24) is 0 Å². The van der Waals surface area contributed by atoms with Gasteiger partial charge in [0.15, 0.2) is 0 Å². The maximum atomic E-state index is 12.3. The van der Waals surface area contributed by atoms with Crippen molar-refractivity contribution in [2.45, 2.75) is 143 Å². The number of hydrogen-bond acceptors (Lipinski definition) is 3. The number of rotatable bonds is 11. The third kappa shape index (κ3) is 5.85. The first-order valence-corrected chi connectivity index (χ1v) is 15.8. The van der Waals surface area contributed by atoms with Gasteiger partial charge in [0.25, 0.3) is 0 Å². The predicted octanol–water partition coefficient (Wildman–Crippen LogP) is 9.88. The molecule has 206 valence electrons. The van der Waals surface area contributed by atoms with E-state index in [1.54, 1.807) is 5.57 Å². The summed E-state index contributed by atoms with van der Waals surface area (Å²) in [5.74, 6) is 3.95. The molecule has 0 amide bonds. The van der Waals surface area contributed by atoms with Gasteiger partial charge in [-0.15, -0.1) is 0 Å². The highest BCUT2D eigenvalue weighted by atomic mass is 16.7. The van der Waals surface area contributed by atoms with E-state index in [-0.39, 0.29) is 6.10 Å². The van der Waals surface area contributed by atoms with Gasteiger partial charge < -0.3 is 9.47 Å². The van der Waals surface area contributed by atoms with Crippen LogP contribution in [-0.4, -0.2) is 18.9 Å². The van der Waals surface area contributed by atoms with Gasteiger partial charge in [0.2, 0.25) is 0 Å². The maximum absolute atomic E-state index is 12.3. The molecule has 3 heteroatoms. The first kappa shape index (κ1) is 28.0. The van der Waals surface area contributed by atoms with Crippen LogP contribution in [0.4, 0.5) is 4.79 Å². The zero-order valence-corrected chi connectivity index (χ0v) is 24.3. The van der Waals surface area contributed by atoms with Crippen LogP contribution < -0.4 is 0 Å². The van der Waals surface area contributed by atoms with Crippen LogP contribution in [0.2, 0.25) is 0 Å². The van der Waals surface area contributed by atoms with E-state index in [9.17, 15) is 4.79 Å². The largest absolute Gasteiger partial charge is 0.508 e. The molecule has 0 bridgehead atoms. The molecule has 0 saturated heterocycles. The number of hydrogen-bond donors (Lipinski definition) is 0. The van der Waals surface area contributed by atoms with Crippen LogP contribution in [0.25, 0.3) is 0 Å². The smallest absolute Gasteiger partial charge is 0.434 e. The van der Waals surface area contributed by atoms with Gasteiger partial charge in [-0.2, -0.15) is 0 Å². The fourth-order valence-electron chi connectivity index (χ4n) is 8.98. The Morgan fingerprint density at radius 2 is 1.78 bits per heavy atom. The van der Waals surface area contributed by atoms with Gasteiger partial charge in [-0.3, -0.25) is 0 Å². The summed E-state index contributed by atoms with van der Waals surface area (Å²) >= 11 is 0. The number of carbonyl (C=O) groups excluding carboxylic acids is 1. The molecule has 0 aliphatic heterocycles. The number of carbonyl (C=O) groups is 1. The molecule has 36 heavy (non-hydrogen) atoms. The lowest BCUT2D eigenvalue weighted by Crippen LogP contribution is -2.50. The summed E-state index contributed by atoms with van der Waals surface area (Å²) in [5, 5.41) is 0. The molecule has 0 spiro atoms. The third-order valence-corrected chi connectivity index (χ3v) is 11.6. The molecule has 4 rings (SSSR count). The molecule has 3 fully saturated rings. The number of unbranched alkanes of at least 4 members (excludes halogenated alkanes) is 5. The Morgan fingerprint density at radius 1 is 1.00 bits per heavy atom. The van der Waals surface area contributed by atoms with E-state index in [1.165, 1.54) is 77.0 Å². The Bertz CT molecular complexity index is 758. The van der Waals surface area contributed by atoms with E-state index >= 15 is 0 Å². The molecule has 3 saturated carbocycles. The lowest BCUT2D eigenvalue weighted by molar-refractivity contribution is -0.0568. The predicted molar refractivity (Wildman–Crippen MR) is 149 cm³/mol. The summed E-state index contributed by atoms with van der Waals surface area (Å²) in [4.78, 5) is 12.3. The molecule has 0 N–H and O–H groups in total. The van der Waals surface area contributed by atoms with E-state index in [0.29, 0.717) is 23.4 Å². The van der Waals surface area contributed by atoms with Crippen molar-refractivity contribution in [3.8, 4) is 0 Å². The minimum absolute atomic E-state index is 0.00708. The second kappa shape index (κ2) is 12.2. The van der Waals surface area contributed by atoms with Crippen LogP contribution in [0.15, 0.2) is 11.6 Å². The van der Waals surface area contributed by atoms with Gasteiger partial charge in [0.1, 0.15) is 6.10 Å². The molecule has 0 radical (unpaired) electrons. The molecular formula is C33H56O3. The van der Waals surface area contributed by atoms with E-state index in [1.807, 2.05) is 0 Å². The van der Waals surface area contributed by atoms with Crippen LogP contribution in [0, 0.1) is 40.4 Å². The third-order valence-electron chi connectivity index (χ3n) is 11.6. The van der Waals surface area contributed by atoms with E-state index < -0.39 is 6.16 Å². The minimum Gasteiger partial charge on any atom is -0.434 e. The summed E-state index contributed by atoms with van der Waals surface area (Å²) in [6.45, 7) is 12.2. The van der Waals surface area contributed by atoms with Crippen molar-refractivity contribution >= 4 is 6.16 Å². The molecule has 0 unspecified atom stereocenters. The summed E-state index contributed by atoms with van der Waals surface area (Å²) < 4.78 is 11.2. The first-order chi connectivity index (χ1) is 17.3. The number of ether oxygens (including phenoxy) is 2. The highest BCUT2D eigenvalue weighted by Gasteiger charge is 2.58. The Kier molecular flexibility index (Phi) is 9.54. The zero-order valence-electron chi connectivity index (χ0n) is 24.3. The van der Waals surface area contributed by atoms with Crippen molar-refractivity contribution in [3.05, 3.63) is 11.6 Å². The molecule has 3 nitrogen and oxygen atoms in total. The van der Waals surface area contributed by atoms with E-state index in [2.05, 4.69) is 40.7 Å². The second-order valence-electron chi connectivity index (χ2n) is 13.7. The summed E-state index contributed by atoms with van der Waals surface area (Å²) in [7, 11) is 0. The molecular weight excluding hydrogens is 444 g/mol. The van der Waals surface area contributed by atoms with Gasteiger partial charge in [0.05, 0.1) is 6.61 Å². The Morgan fingerprint density at radius 3 is 2.56 bits per heavy atom. The van der Waals surface area contributed by atoms with Crippen molar-refractivity contribution in [2.75, 3.05) is 6.61 Å². The standard InChI is InChI=1S/C33H56O3/c1-6-8-9-10-11-12-13-25-15-17-29-28-16-14-26-22-27(36-31(34)35-23-24(3)7-2)18-20-33(26,5)30(28)19-21-32(25,29)4/h14,24-25,27-30H,6-13,15-23H2,1-5H3/t24-,25-,27+,28+,29-,30+,32-,33+/m1/s1. The molecule has 0 aromatic heterocycles. The molecule has 8 atom stereocenters.